The lowest BCUT2D eigenvalue weighted by molar-refractivity contribution is -0.300. The summed E-state index contributed by atoms with van der Waals surface area (Å²) in [6.45, 7) is 12.2. The highest BCUT2D eigenvalue weighted by Gasteiger charge is 2.88. The molecule has 13 heteroatoms. The van der Waals surface area contributed by atoms with Crippen LogP contribution in [0.25, 0.3) is 0 Å². The van der Waals surface area contributed by atoms with E-state index in [1.165, 1.54) is 27.7 Å². The lowest BCUT2D eigenvalue weighted by Gasteiger charge is -2.64. The van der Waals surface area contributed by atoms with Crippen LogP contribution < -0.4 is 0 Å². The van der Waals surface area contributed by atoms with Crippen LogP contribution in [0.3, 0.4) is 0 Å². The van der Waals surface area contributed by atoms with Crippen LogP contribution in [0.1, 0.15) is 87.0 Å². The maximum absolute atomic E-state index is 13.6. The number of hydrogen-bond donors (Lipinski definition) is 3. The molecule has 7 fully saturated rings. The number of aliphatic hydroxyl groups is 3. The highest BCUT2D eigenvalue weighted by molar-refractivity contribution is 5.68. The lowest BCUT2D eigenvalue weighted by Crippen LogP contribution is -2.77. The van der Waals surface area contributed by atoms with Crippen molar-refractivity contribution in [1.82, 2.24) is 4.90 Å². The quantitative estimate of drug-likeness (QED) is 0.288. The average Bonchev–Trinajstić information content (AvgIpc) is 3.23. The third-order valence-corrected chi connectivity index (χ3v) is 13.9. The molecule has 3 N–H and O–H groups in total. The summed E-state index contributed by atoms with van der Waals surface area (Å²) in [6.07, 6.45) is -1.94. The predicted molar refractivity (Wildman–Crippen MR) is 164 cm³/mol. The van der Waals surface area contributed by atoms with E-state index in [0.717, 1.165) is 19.4 Å². The molecular formula is C35H51NO12. The van der Waals surface area contributed by atoms with Crippen molar-refractivity contribution in [1.29, 1.82) is 0 Å². The standard InChI is InChI=1S/C35H51NO12/c1-16-8-9-25-32(7,41)27-21(15-36(25)14-16)22-13-33-29(34(22,42)30(47-20(5)40)28(27)46-19(4)39)23(44-17(2)37)12-24-31(33,6)11-10-26(45-18(3)38)35(24,43)48-33/h16,21-30,41-43H,8-15H2,1-7H3/t16-,21+,22-,23+,24-,25-,26-,27+,28-,29+,30-,31+,32+,33+,34-,35-/m0/s1. The number of carbonyl (C=O) groups is 4. The summed E-state index contributed by atoms with van der Waals surface area (Å²) in [5, 5.41) is 38.6. The van der Waals surface area contributed by atoms with Crippen molar-refractivity contribution in [2.45, 2.75) is 140 Å². The van der Waals surface area contributed by atoms with Crippen LogP contribution >= 0.6 is 0 Å². The molecule has 16 atom stereocenters. The van der Waals surface area contributed by atoms with Gasteiger partial charge in [-0.05, 0) is 63.2 Å². The van der Waals surface area contributed by atoms with Gasteiger partial charge in [0.2, 0.25) is 5.79 Å². The summed E-state index contributed by atoms with van der Waals surface area (Å²) in [5.74, 6) is -7.62. The van der Waals surface area contributed by atoms with Gasteiger partial charge in [-0.1, -0.05) is 13.8 Å². The van der Waals surface area contributed by atoms with Gasteiger partial charge in [0.05, 0.1) is 17.1 Å². The molecule has 0 aromatic carbocycles. The van der Waals surface area contributed by atoms with E-state index in [4.69, 9.17) is 23.7 Å². The predicted octanol–water partition coefficient (Wildman–Crippen LogP) is 1.47. The first-order chi connectivity index (χ1) is 22.3. The van der Waals surface area contributed by atoms with Gasteiger partial charge in [0.1, 0.15) is 17.8 Å². The van der Waals surface area contributed by atoms with Crippen molar-refractivity contribution in [2.75, 3.05) is 13.1 Å². The van der Waals surface area contributed by atoms with Gasteiger partial charge in [0.15, 0.2) is 12.2 Å². The molecule has 0 radical (unpaired) electrons. The molecule has 4 aliphatic carbocycles. The molecule has 0 unspecified atom stereocenters. The minimum Gasteiger partial charge on any atom is -0.462 e. The van der Waals surface area contributed by atoms with Gasteiger partial charge in [0.25, 0.3) is 0 Å². The summed E-state index contributed by atoms with van der Waals surface area (Å²) in [7, 11) is 0. The van der Waals surface area contributed by atoms with Crippen molar-refractivity contribution in [3.05, 3.63) is 0 Å². The number of piperidine rings is 2. The second kappa shape index (κ2) is 10.8. The number of ether oxygens (including phenoxy) is 5. The first-order valence-corrected chi connectivity index (χ1v) is 17.6. The first-order valence-electron chi connectivity index (χ1n) is 17.6. The Hall–Kier alpha value is -2.32. The van der Waals surface area contributed by atoms with Crippen molar-refractivity contribution >= 4 is 23.9 Å². The Morgan fingerprint density at radius 3 is 2.10 bits per heavy atom. The van der Waals surface area contributed by atoms with E-state index in [9.17, 15) is 34.5 Å². The summed E-state index contributed by atoms with van der Waals surface area (Å²) >= 11 is 0. The third-order valence-electron chi connectivity index (χ3n) is 13.9. The van der Waals surface area contributed by atoms with Crippen LogP contribution in [-0.4, -0.2) is 110 Å². The SMILES string of the molecule is CC(=O)O[C@H]1[C@H]2[C@H](CN3C[C@@H](C)CC[C@H]3[C@@]2(C)O)[C@@H]2C[C@]34O[C@]5(O)[C@@H](OC(C)=O)CC[C@]3(C)[C@@H]5C[C@@H](OC(C)=O)[C@H]4[C@]2(O)[C@H]1OC(C)=O. The van der Waals surface area contributed by atoms with Gasteiger partial charge in [-0.3, -0.25) is 24.1 Å². The van der Waals surface area contributed by atoms with E-state index in [-0.39, 0.29) is 18.9 Å². The smallest absolute Gasteiger partial charge is 0.303 e. The Morgan fingerprint density at radius 2 is 1.48 bits per heavy atom. The molecule has 4 bridgehead atoms. The monoisotopic (exact) mass is 677 g/mol. The molecule has 268 valence electrons. The topological polar surface area (TPSA) is 178 Å². The molecule has 7 rings (SSSR count). The van der Waals surface area contributed by atoms with Gasteiger partial charge in [-0.25, -0.2) is 0 Å². The number of nitrogens with zero attached hydrogens (tertiary/aromatic N) is 1. The summed E-state index contributed by atoms with van der Waals surface area (Å²) in [5.41, 5.74) is -5.48. The van der Waals surface area contributed by atoms with E-state index in [1.54, 1.807) is 6.92 Å². The molecule has 3 saturated heterocycles. The molecule has 0 aromatic heterocycles. The second-order valence-electron chi connectivity index (χ2n) is 16.6. The maximum atomic E-state index is 13.6. The Bertz CT molecular complexity index is 1400. The molecule has 7 aliphatic rings. The molecule has 3 heterocycles. The zero-order chi connectivity index (χ0) is 34.9. The average molecular weight is 678 g/mol. The normalized spacial score (nSPS) is 53.3. The number of carbonyl (C=O) groups excluding carboxylic acids is 4. The van der Waals surface area contributed by atoms with Gasteiger partial charge < -0.3 is 39.0 Å². The molecule has 3 aliphatic heterocycles. The van der Waals surface area contributed by atoms with Gasteiger partial charge in [0, 0.05) is 64.1 Å². The van der Waals surface area contributed by atoms with Crippen molar-refractivity contribution in [3.63, 3.8) is 0 Å². The number of esters is 4. The van der Waals surface area contributed by atoms with Crippen LogP contribution in [0.5, 0.6) is 0 Å². The third kappa shape index (κ3) is 4.39. The van der Waals surface area contributed by atoms with E-state index < -0.39 is 106 Å². The zero-order valence-corrected chi connectivity index (χ0v) is 29.0. The summed E-state index contributed by atoms with van der Waals surface area (Å²) in [6, 6.07) is -0.248. The minimum atomic E-state index is -1.98. The maximum Gasteiger partial charge on any atom is 0.303 e. The van der Waals surface area contributed by atoms with Crippen molar-refractivity contribution in [2.24, 2.45) is 40.9 Å². The Labute approximate surface area is 280 Å². The minimum absolute atomic E-state index is 0.0916. The van der Waals surface area contributed by atoms with Crippen LogP contribution in [0.4, 0.5) is 0 Å². The van der Waals surface area contributed by atoms with Crippen molar-refractivity contribution in [3.8, 4) is 0 Å². The van der Waals surface area contributed by atoms with Crippen LogP contribution in [-0.2, 0) is 42.9 Å². The fourth-order valence-corrected chi connectivity index (χ4v) is 12.6. The molecule has 48 heavy (non-hydrogen) atoms. The lowest BCUT2D eigenvalue weighted by atomic mass is 9.49. The van der Waals surface area contributed by atoms with Gasteiger partial charge in [-0.2, -0.15) is 0 Å². The Morgan fingerprint density at radius 1 is 0.833 bits per heavy atom. The van der Waals surface area contributed by atoms with Gasteiger partial charge >= 0.3 is 23.9 Å². The highest BCUT2D eigenvalue weighted by atomic mass is 16.7. The number of fused-ring (bicyclic) bond motifs is 5. The Kier molecular flexibility index (Phi) is 7.71. The zero-order valence-electron chi connectivity index (χ0n) is 29.0. The van der Waals surface area contributed by atoms with Gasteiger partial charge in [-0.15, -0.1) is 0 Å². The van der Waals surface area contributed by atoms with Crippen LogP contribution in [0.15, 0.2) is 0 Å². The molecule has 0 amide bonds. The molecular weight excluding hydrogens is 626 g/mol. The second-order valence-corrected chi connectivity index (χ2v) is 16.6. The van der Waals surface area contributed by atoms with E-state index in [0.29, 0.717) is 25.3 Å². The number of hydrogen-bond acceptors (Lipinski definition) is 13. The molecule has 0 aromatic rings. The summed E-state index contributed by atoms with van der Waals surface area (Å²) in [4.78, 5) is 53.0. The summed E-state index contributed by atoms with van der Waals surface area (Å²) < 4.78 is 30.7. The van der Waals surface area contributed by atoms with E-state index in [1.807, 2.05) is 6.92 Å². The molecule has 1 spiro atoms. The van der Waals surface area contributed by atoms with E-state index in [2.05, 4.69) is 11.8 Å². The fraction of sp³-hybridized carbons (Fsp3) is 0.886. The van der Waals surface area contributed by atoms with Crippen LogP contribution in [0, 0.1) is 40.9 Å². The molecule has 4 saturated carbocycles. The first kappa shape index (κ1) is 34.1. The van der Waals surface area contributed by atoms with Crippen LogP contribution in [0.2, 0.25) is 0 Å². The molecule has 13 nitrogen and oxygen atoms in total. The fourth-order valence-electron chi connectivity index (χ4n) is 12.6. The Balaban J connectivity index is 1.45. The largest absolute Gasteiger partial charge is 0.462 e. The highest BCUT2D eigenvalue weighted by Crippen LogP contribution is 2.77. The van der Waals surface area contributed by atoms with E-state index >= 15 is 0 Å². The number of rotatable bonds is 4. The van der Waals surface area contributed by atoms with Crippen molar-refractivity contribution < 1.29 is 58.2 Å².